The molecule has 4 N–H and O–H groups in total. The second-order valence-corrected chi connectivity index (χ2v) is 4.53. The Hall–Kier alpha value is -2.56. The molecule has 0 bridgehead atoms. The van der Waals surface area contributed by atoms with E-state index in [1.165, 1.54) is 24.3 Å². The molecule has 0 spiro atoms. The third kappa shape index (κ3) is 3.06. The Kier molecular flexibility index (Phi) is 3.89. The van der Waals surface area contributed by atoms with Gasteiger partial charge in [0, 0.05) is 6.04 Å². The number of nitrogens with one attached hydrogen (secondary N) is 1. The third-order valence-corrected chi connectivity index (χ3v) is 3.02. The Labute approximate surface area is 116 Å². The minimum Gasteiger partial charge on any atom is -0.478 e. The maximum atomic E-state index is 13.2. The van der Waals surface area contributed by atoms with Crippen LogP contribution in [0.15, 0.2) is 42.5 Å². The number of nitrogens with two attached hydrogens (primary N) is 1. The van der Waals surface area contributed by atoms with Gasteiger partial charge in [0.25, 0.3) is 0 Å². The number of hydrogen-bond donors (Lipinski definition) is 3. The van der Waals surface area contributed by atoms with Crippen molar-refractivity contribution in [1.82, 2.24) is 0 Å². The van der Waals surface area contributed by atoms with Gasteiger partial charge in [-0.2, -0.15) is 0 Å². The molecular formula is C15H15FN2O2. The zero-order valence-corrected chi connectivity index (χ0v) is 10.9. The average Bonchev–Trinajstić information content (AvgIpc) is 2.40. The molecule has 0 radical (unpaired) electrons. The molecule has 0 aliphatic rings. The van der Waals surface area contributed by atoms with Crippen LogP contribution in [0.1, 0.15) is 28.9 Å². The van der Waals surface area contributed by atoms with E-state index < -0.39 is 5.97 Å². The summed E-state index contributed by atoms with van der Waals surface area (Å²) in [5.74, 6) is -1.33. The number of nitrogen functional groups attached to an aromatic ring is 1. The fraction of sp³-hybridized carbons (Fsp3) is 0.133. The standard InChI is InChI=1S/C15H15FN2O2/c1-9(10-3-2-4-12(16)7-10)18-14-6-5-11(15(19)20)8-13(14)17/h2-9,18H,17H2,1H3,(H,19,20). The molecule has 2 rings (SSSR count). The average molecular weight is 274 g/mol. The van der Waals surface area contributed by atoms with E-state index in [0.29, 0.717) is 11.4 Å². The van der Waals surface area contributed by atoms with Crippen molar-refractivity contribution in [3.8, 4) is 0 Å². The van der Waals surface area contributed by atoms with E-state index >= 15 is 0 Å². The molecule has 5 heteroatoms. The van der Waals surface area contributed by atoms with Crippen LogP contribution in [0, 0.1) is 5.82 Å². The van der Waals surface area contributed by atoms with Crippen LogP contribution in [0.2, 0.25) is 0 Å². The molecule has 4 nitrogen and oxygen atoms in total. The highest BCUT2D eigenvalue weighted by molar-refractivity contribution is 5.90. The van der Waals surface area contributed by atoms with Crippen molar-refractivity contribution in [3.05, 3.63) is 59.4 Å². The molecule has 2 aromatic carbocycles. The van der Waals surface area contributed by atoms with E-state index in [1.54, 1.807) is 12.1 Å². The molecule has 0 aliphatic heterocycles. The van der Waals surface area contributed by atoms with Crippen LogP contribution in [0.3, 0.4) is 0 Å². The van der Waals surface area contributed by atoms with Crippen molar-refractivity contribution in [2.24, 2.45) is 0 Å². The molecule has 20 heavy (non-hydrogen) atoms. The van der Waals surface area contributed by atoms with Crippen LogP contribution in [-0.2, 0) is 0 Å². The number of halogens is 1. The predicted octanol–water partition coefficient (Wildman–Crippen LogP) is 3.28. The Bertz CT molecular complexity index is 644. The fourth-order valence-electron chi connectivity index (χ4n) is 1.92. The van der Waals surface area contributed by atoms with Crippen LogP contribution in [0.25, 0.3) is 0 Å². The molecule has 0 heterocycles. The number of carboxylic acid groups (broad SMARTS) is 1. The quantitative estimate of drug-likeness (QED) is 0.748. The molecule has 2 aromatic rings. The third-order valence-electron chi connectivity index (χ3n) is 3.02. The molecule has 104 valence electrons. The maximum absolute atomic E-state index is 13.2. The largest absolute Gasteiger partial charge is 0.478 e. The van der Waals surface area contributed by atoms with Crippen molar-refractivity contribution < 1.29 is 14.3 Å². The lowest BCUT2D eigenvalue weighted by Crippen LogP contribution is -2.09. The molecule has 1 unspecified atom stereocenters. The smallest absolute Gasteiger partial charge is 0.335 e. The predicted molar refractivity (Wildman–Crippen MR) is 76.3 cm³/mol. The second-order valence-electron chi connectivity index (χ2n) is 4.53. The van der Waals surface area contributed by atoms with Crippen LogP contribution >= 0.6 is 0 Å². The topological polar surface area (TPSA) is 75.3 Å². The number of anilines is 2. The zero-order chi connectivity index (χ0) is 14.7. The highest BCUT2D eigenvalue weighted by Crippen LogP contribution is 2.25. The van der Waals surface area contributed by atoms with Gasteiger partial charge >= 0.3 is 5.97 Å². The van der Waals surface area contributed by atoms with Gasteiger partial charge < -0.3 is 16.2 Å². The second kappa shape index (κ2) is 5.61. The lowest BCUT2D eigenvalue weighted by molar-refractivity contribution is 0.0697. The maximum Gasteiger partial charge on any atom is 0.335 e. The first-order chi connectivity index (χ1) is 9.47. The van der Waals surface area contributed by atoms with Crippen LogP contribution < -0.4 is 11.1 Å². The first-order valence-electron chi connectivity index (χ1n) is 6.12. The Morgan fingerprint density at radius 1 is 1.30 bits per heavy atom. The summed E-state index contributed by atoms with van der Waals surface area (Å²) in [6.07, 6.45) is 0. The van der Waals surface area contributed by atoms with E-state index in [1.807, 2.05) is 13.0 Å². The molecule has 1 atom stereocenters. The van der Waals surface area contributed by atoms with Crippen molar-refractivity contribution in [3.63, 3.8) is 0 Å². The van der Waals surface area contributed by atoms with Gasteiger partial charge in [-0.25, -0.2) is 9.18 Å². The van der Waals surface area contributed by atoms with Crippen LogP contribution in [0.4, 0.5) is 15.8 Å². The molecular weight excluding hydrogens is 259 g/mol. The SMILES string of the molecule is CC(Nc1ccc(C(=O)O)cc1N)c1cccc(F)c1. The molecule has 0 aliphatic carbocycles. The van der Waals surface area contributed by atoms with Gasteiger partial charge in [0.1, 0.15) is 5.82 Å². The van der Waals surface area contributed by atoms with Gasteiger partial charge in [0.2, 0.25) is 0 Å². The van der Waals surface area contributed by atoms with E-state index in [9.17, 15) is 9.18 Å². The lowest BCUT2D eigenvalue weighted by atomic mass is 10.1. The highest BCUT2D eigenvalue weighted by atomic mass is 19.1. The summed E-state index contributed by atoms with van der Waals surface area (Å²) in [5, 5.41) is 12.0. The highest BCUT2D eigenvalue weighted by Gasteiger charge is 2.10. The number of carbonyl (C=O) groups is 1. The van der Waals surface area contributed by atoms with Crippen LogP contribution in [-0.4, -0.2) is 11.1 Å². The molecule has 0 saturated heterocycles. The van der Waals surface area contributed by atoms with Gasteiger partial charge in [-0.05, 0) is 42.8 Å². The Morgan fingerprint density at radius 3 is 2.65 bits per heavy atom. The summed E-state index contributed by atoms with van der Waals surface area (Å²) in [6.45, 7) is 1.87. The summed E-state index contributed by atoms with van der Waals surface area (Å²) in [5.41, 5.74) is 7.69. The summed E-state index contributed by atoms with van der Waals surface area (Å²) in [4.78, 5) is 10.8. The number of rotatable bonds is 4. The van der Waals surface area contributed by atoms with Gasteiger partial charge in [0.15, 0.2) is 0 Å². The van der Waals surface area contributed by atoms with Crippen molar-refractivity contribution in [2.75, 3.05) is 11.1 Å². The van der Waals surface area contributed by atoms with Gasteiger partial charge in [-0.3, -0.25) is 0 Å². The summed E-state index contributed by atoms with van der Waals surface area (Å²) < 4.78 is 13.2. The van der Waals surface area contributed by atoms with E-state index in [0.717, 1.165) is 5.56 Å². The van der Waals surface area contributed by atoms with Gasteiger partial charge in [-0.15, -0.1) is 0 Å². The van der Waals surface area contributed by atoms with E-state index in [4.69, 9.17) is 10.8 Å². The molecule has 0 fully saturated rings. The van der Waals surface area contributed by atoms with Crippen molar-refractivity contribution in [2.45, 2.75) is 13.0 Å². The van der Waals surface area contributed by atoms with Crippen molar-refractivity contribution >= 4 is 17.3 Å². The van der Waals surface area contributed by atoms with Crippen molar-refractivity contribution in [1.29, 1.82) is 0 Å². The van der Waals surface area contributed by atoms with Gasteiger partial charge in [0.05, 0.1) is 16.9 Å². The lowest BCUT2D eigenvalue weighted by Gasteiger charge is -2.17. The number of benzene rings is 2. The van der Waals surface area contributed by atoms with E-state index in [2.05, 4.69) is 5.32 Å². The number of carboxylic acids is 1. The molecule has 0 saturated carbocycles. The minimum absolute atomic E-state index is 0.131. The Balaban J connectivity index is 2.19. The van der Waals surface area contributed by atoms with Crippen LogP contribution in [0.5, 0.6) is 0 Å². The Morgan fingerprint density at radius 2 is 2.05 bits per heavy atom. The fourth-order valence-corrected chi connectivity index (χ4v) is 1.92. The first-order valence-corrected chi connectivity index (χ1v) is 6.12. The summed E-state index contributed by atoms with van der Waals surface area (Å²) in [7, 11) is 0. The number of aromatic carboxylic acids is 1. The molecule has 0 amide bonds. The minimum atomic E-state index is -1.03. The zero-order valence-electron chi connectivity index (χ0n) is 10.9. The molecule has 0 aromatic heterocycles. The normalized spacial score (nSPS) is 11.9. The van der Waals surface area contributed by atoms with E-state index in [-0.39, 0.29) is 17.4 Å². The monoisotopic (exact) mass is 274 g/mol. The van der Waals surface area contributed by atoms with Gasteiger partial charge in [-0.1, -0.05) is 12.1 Å². The number of hydrogen-bond acceptors (Lipinski definition) is 3. The first kappa shape index (κ1) is 13.9. The summed E-state index contributed by atoms with van der Waals surface area (Å²) in [6, 6.07) is 10.6. The summed E-state index contributed by atoms with van der Waals surface area (Å²) >= 11 is 0.